The molecular formula is C14H12FN3S. The number of nitriles is 1. The van der Waals surface area contributed by atoms with Crippen LogP contribution < -0.4 is 5.32 Å². The Labute approximate surface area is 114 Å². The largest absolute Gasteiger partial charge is 0.330 e. The number of nitrogens with one attached hydrogen (secondary N) is 1. The first kappa shape index (κ1) is 12.1. The van der Waals surface area contributed by atoms with Crippen LogP contribution in [0, 0.1) is 17.1 Å². The zero-order chi connectivity index (χ0) is 13.2. The molecule has 0 aliphatic heterocycles. The third-order valence-corrected chi connectivity index (χ3v) is 4.26. The number of fused-ring (bicyclic) bond motifs is 1. The van der Waals surface area contributed by atoms with E-state index in [1.54, 1.807) is 17.4 Å². The summed E-state index contributed by atoms with van der Waals surface area (Å²) in [5.74, 6) is -0.402. The van der Waals surface area contributed by atoms with Crippen LogP contribution in [0.2, 0.25) is 0 Å². The number of aryl methyl sites for hydroxylation is 2. The molecule has 1 aliphatic rings. The lowest BCUT2D eigenvalue weighted by molar-refractivity contribution is 0.627. The third kappa shape index (κ3) is 2.45. The van der Waals surface area contributed by atoms with Crippen LogP contribution in [-0.4, -0.2) is 4.98 Å². The van der Waals surface area contributed by atoms with Gasteiger partial charge in [0.05, 0.1) is 16.9 Å². The fourth-order valence-electron chi connectivity index (χ4n) is 2.24. The molecule has 0 bridgehead atoms. The lowest BCUT2D eigenvalue weighted by Crippen LogP contribution is -1.99. The highest BCUT2D eigenvalue weighted by molar-refractivity contribution is 7.15. The monoisotopic (exact) mass is 273 g/mol. The van der Waals surface area contributed by atoms with Crippen LogP contribution in [0.3, 0.4) is 0 Å². The number of aromatic nitrogens is 1. The highest BCUT2D eigenvalue weighted by Crippen LogP contribution is 2.32. The lowest BCUT2D eigenvalue weighted by Gasteiger charge is -2.06. The van der Waals surface area contributed by atoms with E-state index in [4.69, 9.17) is 5.26 Å². The number of hydrogen-bond acceptors (Lipinski definition) is 4. The van der Waals surface area contributed by atoms with Crippen molar-refractivity contribution in [2.45, 2.75) is 25.7 Å². The molecule has 1 heterocycles. The summed E-state index contributed by atoms with van der Waals surface area (Å²) in [5.41, 5.74) is 2.07. The molecule has 0 fully saturated rings. The number of anilines is 2. The maximum Gasteiger partial charge on any atom is 0.187 e. The van der Waals surface area contributed by atoms with Crippen LogP contribution in [0.4, 0.5) is 15.2 Å². The van der Waals surface area contributed by atoms with Crippen molar-refractivity contribution in [2.24, 2.45) is 0 Å². The zero-order valence-corrected chi connectivity index (χ0v) is 11.1. The van der Waals surface area contributed by atoms with E-state index < -0.39 is 5.82 Å². The summed E-state index contributed by atoms with van der Waals surface area (Å²) in [7, 11) is 0. The minimum atomic E-state index is -0.402. The van der Waals surface area contributed by atoms with Gasteiger partial charge in [-0.1, -0.05) is 0 Å². The topological polar surface area (TPSA) is 48.7 Å². The van der Waals surface area contributed by atoms with Crippen LogP contribution in [-0.2, 0) is 12.8 Å². The zero-order valence-electron chi connectivity index (χ0n) is 10.2. The number of rotatable bonds is 2. The second-order valence-corrected chi connectivity index (χ2v) is 5.61. The third-order valence-electron chi connectivity index (χ3n) is 3.19. The van der Waals surface area contributed by atoms with Crippen LogP contribution in [0.5, 0.6) is 0 Å². The minimum absolute atomic E-state index is 0.299. The van der Waals surface area contributed by atoms with Crippen LogP contribution in [0.15, 0.2) is 18.2 Å². The predicted octanol–water partition coefficient (Wildman–Crippen LogP) is 3.78. The Morgan fingerprint density at radius 3 is 2.95 bits per heavy atom. The molecule has 5 heteroatoms. The highest BCUT2D eigenvalue weighted by atomic mass is 32.1. The Bertz CT molecular complexity index is 634. The highest BCUT2D eigenvalue weighted by Gasteiger charge is 2.15. The molecule has 0 spiro atoms. The van der Waals surface area contributed by atoms with Gasteiger partial charge in [-0.25, -0.2) is 9.37 Å². The molecule has 96 valence electrons. The molecule has 0 atom stereocenters. The van der Waals surface area contributed by atoms with Crippen molar-refractivity contribution in [1.82, 2.24) is 4.98 Å². The van der Waals surface area contributed by atoms with E-state index in [1.807, 2.05) is 6.07 Å². The Morgan fingerprint density at radius 2 is 2.16 bits per heavy atom. The SMILES string of the molecule is N#Cc1cc(F)ccc1Nc1nc2c(s1)CCCC2. The quantitative estimate of drug-likeness (QED) is 0.906. The molecule has 19 heavy (non-hydrogen) atoms. The molecule has 0 unspecified atom stereocenters. The van der Waals surface area contributed by atoms with Crippen molar-refractivity contribution in [3.8, 4) is 6.07 Å². The molecule has 0 radical (unpaired) electrons. The maximum atomic E-state index is 13.1. The summed E-state index contributed by atoms with van der Waals surface area (Å²) >= 11 is 1.63. The molecule has 1 aromatic heterocycles. The second kappa shape index (κ2) is 4.98. The minimum Gasteiger partial charge on any atom is -0.330 e. The van der Waals surface area contributed by atoms with E-state index >= 15 is 0 Å². The summed E-state index contributed by atoms with van der Waals surface area (Å²) in [6, 6.07) is 6.15. The van der Waals surface area contributed by atoms with E-state index in [1.165, 1.54) is 35.5 Å². The molecule has 1 N–H and O–H groups in total. The van der Waals surface area contributed by atoms with Gasteiger partial charge in [0.2, 0.25) is 0 Å². The van der Waals surface area contributed by atoms with Gasteiger partial charge in [0.1, 0.15) is 11.9 Å². The second-order valence-electron chi connectivity index (χ2n) is 4.52. The van der Waals surface area contributed by atoms with Gasteiger partial charge in [-0.15, -0.1) is 11.3 Å². The van der Waals surface area contributed by atoms with Crippen molar-refractivity contribution < 1.29 is 4.39 Å². The van der Waals surface area contributed by atoms with Gasteiger partial charge < -0.3 is 5.32 Å². The standard InChI is InChI=1S/C14H12FN3S/c15-10-5-6-11(9(7-10)8-16)17-14-18-12-3-1-2-4-13(12)19-14/h5-7H,1-4H2,(H,17,18). The number of hydrogen-bond donors (Lipinski definition) is 1. The van der Waals surface area contributed by atoms with Gasteiger partial charge in [-0.05, 0) is 43.9 Å². The number of halogens is 1. The van der Waals surface area contributed by atoms with Crippen molar-refractivity contribution >= 4 is 22.2 Å². The van der Waals surface area contributed by atoms with Gasteiger partial charge in [0.15, 0.2) is 5.13 Å². The van der Waals surface area contributed by atoms with Crippen LogP contribution in [0.25, 0.3) is 0 Å². The maximum absolute atomic E-state index is 13.1. The first-order chi connectivity index (χ1) is 9.26. The van der Waals surface area contributed by atoms with Gasteiger partial charge in [-0.2, -0.15) is 5.26 Å². The van der Waals surface area contributed by atoms with E-state index in [9.17, 15) is 4.39 Å². The molecule has 3 nitrogen and oxygen atoms in total. The summed E-state index contributed by atoms with van der Waals surface area (Å²) in [5, 5.41) is 12.9. The van der Waals surface area contributed by atoms with Crippen molar-refractivity contribution in [3.05, 3.63) is 40.2 Å². The number of thiazole rings is 1. The molecule has 3 rings (SSSR count). The Kier molecular flexibility index (Phi) is 3.18. The Morgan fingerprint density at radius 1 is 1.32 bits per heavy atom. The Hall–Kier alpha value is -1.93. The first-order valence-electron chi connectivity index (χ1n) is 6.21. The summed E-state index contributed by atoms with van der Waals surface area (Å²) in [4.78, 5) is 5.88. The normalized spacial score (nSPS) is 13.7. The summed E-state index contributed by atoms with van der Waals surface area (Å²) in [6.07, 6.45) is 4.52. The van der Waals surface area contributed by atoms with Crippen molar-refractivity contribution in [2.75, 3.05) is 5.32 Å². The van der Waals surface area contributed by atoms with Gasteiger partial charge >= 0.3 is 0 Å². The number of benzene rings is 1. The summed E-state index contributed by atoms with van der Waals surface area (Å²) in [6.45, 7) is 0. The smallest absolute Gasteiger partial charge is 0.187 e. The van der Waals surface area contributed by atoms with E-state index in [0.717, 1.165) is 18.0 Å². The molecule has 1 aliphatic carbocycles. The average Bonchev–Trinajstić information content (AvgIpc) is 2.83. The molecular weight excluding hydrogens is 261 g/mol. The molecule has 1 aromatic carbocycles. The van der Waals surface area contributed by atoms with Crippen LogP contribution >= 0.6 is 11.3 Å². The fourth-order valence-corrected chi connectivity index (χ4v) is 3.30. The average molecular weight is 273 g/mol. The number of nitrogens with zero attached hydrogens (tertiary/aromatic N) is 2. The van der Waals surface area contributed by atoms with Crippen molar-refractivity contribution in [1.29, 1.82) is 5.26 Å². The molecule has 0 amide bonds. The predicted molar refractivity (Wildman–Crippen MR) is 73.2 cm³/mol. The van der Waals surface area contributed by atoms with E-state index in [-0.39, 0.29) is 0 Å². The lowest BCUT2D eigenvalue weighted by atomic mass is 10.0. The van der Waals surface area contributed by atoms with Crippen molar-refractivity contribution in [3.63, 3.8) is 0 Å². The van der Waals surface area contributed by atoms with Gasteiger partial charge in [-0.3, -0.25) is 0 Å². The first-order valence-corrected chi connectivity index (χ1v) is 7.03. The van der Waals surface area contributed by atoms with E-state index in [2.05, 4.69) is 10.3 Å². The van der Waals surface area contributed by atoms with Gasteiger partial charge in [0, 0.05) is 4.88 Å². The fraction of sp³-hybridized carbons (Fsp3) is 0.286. The Balaban J connectivity index is 1.89. The van der Waals surface area contributed by atoms with Crippen LogP contribution in [0.1, 0.15) is 29.0 Å². The van der Waals surface area contributed by atoms with E-state index in [0.29, 0.717) is 11.3 Å². The van der Waals surface area contributed by atoms with Gasteiger partial charge in [0.25, 0.3) is 0 Å². The molecule has 0 saturated carbocycles. The molecule has 2 aromatic rings. The molecule has 0 saturated heterocycles. The summed E-state index contributed by atoms with van der Waals surface area (Å²) < 4.78 is 13.1.